The topological polar surface area (TPSA) is 127 Å². The molecule has 0 spiro atoms. The zero-order valence-electron chi connectivity index (χ0n) is 13.3. The molecule has 0 aliphatic rings. The third-order valence-electron chi connectivity index (χ3n) is 3.50. The Morgan fingerprint density at radius 3 is 2.79 bits per heavy atom. The van der Waals surface area contributed by atoms with Crippen molar-refractivity contribution in [1.82, 2.24) is 9.97 Å². The Morgan fingerprint density at radius 2 is 2.17 bits per heavy atom. The molecule has 0 aliphatic heterocycles. The summed E-state index contributed by atoms with van der Waals surface area (Å²) in [5.41, 5.74) is 6.10. The van der Waals surface area contributed by atoms with E-state index in [1.807, 2.05) is 6.92 Å². The highest BCUT2D eigenvalue weighted by Crippen LogP contribution is 2.33. The number of nitro groups is 1. The second-order valence-corrected chi connectivity index (χ2v) is 5.73. The van der Waals surface area contributed by atoms with Gasteiger partial charge in [-0.2, -0.15) is 0 Å². The largest absolute Gasteiger partial charge is 0.507 e. The predicted octanol–water partition coefficient (Wildman–Crippen LogP) is 2.87. The molecule has 128 valence electrons. The fourth-order valence-corrected chi connectivity index (χ4v) is 2.26. The number of rotatable bonds is 6. The second kappa shape index (κ2) is 7.41. The van der Waals surface area contributed by atoms with Crippen LogP contribution in [-0.2, 0) is 0 Å². The third-order valence-corrected chi connectivity index (χ3v) is 3.73. The summed E-state index contributed by atoms with van der Waals surface area (Å²) >= 11 is 5.94. The van der Waals surface area contributed by atoms with E-state index in [-0.39, 0.29) is 34.8 Å². The molecule has 4 N–H and O–H groups in total. The predicted molar refractivity (Wildman–Crippen MR) is 92.3 cm³/mol. The summed E-state index contributed by atoms with van der Waals surface area (Å²) in [6, 6.07) is 4.28. The maximum absolute atomic E-state index is 11.3. The molecule has 1 unspecified atom stereocenters. The summed E-state index contributed by atoms with van der Waals surface area (Å²) < 4.78 is 0. The number of halogens is 1. The van der Waals surface area contributed by atoms with Gasteiger partial charge in [0.15, 0.2) is 5.82 Å². The maximum Gasteiger partial charge on any atom is 0.332 e. The van der Waals surface area contributed by atoms with Gasteiger partial charge in [-0.1, -0.05) is 18.5 Å². The van der Waals surface area contributed by atoms with E-state index >= 15 is 0 Å². The lowest BCUT2D eigenvalue weighted by Crippen LogP contribution is -2.28. The Kier molecular flexibility index (Phi) is 5.53. The van der Waals surface area contributed by atoms with Gasteiger partial charge in [0.1, 0.15) is 11.4 Å². The summed E-state index contributed by atoms with van der Waals surface area (Å²) in [6.07, 6.45) is 0.715. The van der Waals surface area contributed by atoms with E-state index in [4.69, 9.17) is 17.3 Å². The lowest BCUT2D eigenvalue weighted by atomic mass is 10.1. The summed E-state index contributed by atoms with van der Waals surface area (Å²) in [7, 11) is 0. The minimum Gasteiger partial charge on any atom is -0.507 e. The average molecular weight is 352 g/mol. The minimum absolute atomic E-state index is 0.0609. The molecule has 0 bridgehead atoms. The van der Waals surface area contributed by atoms with Gasteiger partial charge in [-0.15, -0.1) is 0 Å². The first-order valence-corrected chi connectivity index (χ1v) is 7.72. The van der Waals surface area contributed by atoms with Gasteiger partial charge < -0.3 is 16.2 Å². The van der Waals surface area contributed by atoms with E-state index in [0.29, 0.717) is 23.6 Å². The number of hydrogen-bond donors (Lipinski definition) is 3. The zero-order valence-corrected chi connectivity index (χ0v) is 14.0. The molecule has 0 radical (unpaired) electrons. The van der Waals surface area contributed by atoms with E-state index in [1.165, 1.54) is 25.1 Å². The van der Waals surface area contributed by atoms with Gasteiger partial charge in [-0.3, -0.25) is 10.1 Å². The fraction of sp³-hybridized carbons (Fsp3) is 0.333. The van der Waals surface area contributed by atoms with E-state index in [1.54, 1.807) is 0 Å². The van der Waals surface area contributed by atoms with Crippen molar-refractivity contribution in [1.29, 1.82) is 0 Å². The molecule has 2 aromatic rings. The van der Waals surface area contributed by atoms with Crippen LogP contribution in [0.1, 0.15) is 19.0 Å². The Morgan fingerprint density at radius 1 is 1.46 bits per heavy atom. The number of hydrogen-bond acceptors (Lipinski definition) is 7. The van der Waals surface area contributed by atoms with Crippen molar-refractivity contribution in [2.75, 3.05) is 11.9 Å². The first kappa shape index (κ1) is 17.9. The summed E-state index contributed by atoms with van der Waals surface area (Å²) in [5.74, 6) is 0.139. The van der Waals surface area contributed by atoms with E-state index in [2.05, 4.69) is 15.3 Å². The number of aromatic nitrogens is 2. The SMILES string of the molecule is CCC(N)CNc1nc(-c2cc(Cl)ccc2O)nc(C)c1[N+](=O)[O-]. The molecule has 0 saturated carbocycles. The quantitative estimate of drug-likeness (QED) is 0.539. The number of nitrogens with one attached hydrogen (secondary N) is 1. The highest BCUT2D eigenvalue weighted by atomic mass is 35.5. The van der Waals surface area contributed by atoms with Crippen LogP contribution in [0, 0.1) is 17.0 Å². The van der Waals surface area contributed by atoms with Crippen molar-refractivity contribution in [3.05, 3.63) is 39.0 Å². The number of phenols is 1. The molecule has 24 heavy (non-hydrogen) atoms. The molecule has 1 heterocycles. The number of aromatic hydroxyl groups is 1. The first-order valence-electron chi connectivity index (χ1n) is 7.34. The molecular weight excluding hydrogens is 334 g/mol. The van der Waals surface area contributed by atoms with Crippen LogP contribution < -0.4 is 11.1 Å². The molecule has 0 aliphatic carbocycles. The Hall–Kier alpha value is -2.45. The van der Waals surface area contributed by atoms with Crippen molar-refractivity contribution >= 4 is 23.1 Å². The molecule has 1 aromatic heterocycles. The molecule has 0 amide bonds. The molecule has 8 nitrogen and oxygen atoms in total. The first-order chi connectivity index (χ1) is 11.3. The molecule has 9 heteroatoms. The van der Waals surface area contributed by atoms with Gasteiger partial charge in [-0.25, -0.2) is 9.97 Å². The standard InChI is InChI=1S/C15H18ClN5O3/c1-3-10(17)7-18-15-13(21(23)24)8(2)19-14(20-15)11-6-9(16)4-5-12(11)22/h4-6,10,22H,3,7,17H2,1-2H3,(H,18,19,20). The van der Waals surface area contributed by atoms with Crippen LogP contribution in [0.3, 0.4) is 0 Å². The number of benzene rings is 1. The van der Waals surface area contributed by atoms with Crippen molar-refractivity contribution < 1.29 is 10.0 Å². The van der Waals surface area contributed by atoms with Crippen LogP contribution in [0.4, 0.5) is 11.5 Å². The van der Waals surface area contributed by atoms with Crippen molar-refractivity contribution in [3.8, 4) is 17.1 Å². The van der Waals surface area contributed by atoms with Gasteiger partial charge in [-0.05, 0) is 31.5 Å². The normalized spacial score (nSPS) is 12.0. The lowest BCUT2D eigenvalue weighted by molar-refractivity contribution is -0.385. The van der Waals surface area contributed by atoms with E-state index in [0.717, 1.165) is 0 Å². The molecular formula is C15H18ClN5O3. The van der Waals surface area contributed by atoms with E-state index in [9.17, 15) is 15.2 Å². The Labute approximate surface area is 143 Å². The van der Waals surface area contributed by atoms with Crippen LogP contribution in [0.25, 0.3) is 11.4 Å². The Bertz CT molecular complexity index is 769. The smallest absolute Gasteiger partial charge is 0.332 e. The molecule has 1 aromatic carbocycles. The Balaban J connectivity index is 2.53. The van der Waals surface area contributed by atoms with Gasteiger partial charge in [0.2, 0.25) is 5.82 Å². The number of nitrogens with zero attached hydrogens (tertiary/aromatic N) is 3. The lowest BCUT2D eigenvalue weighted by Gasteiger charge is -2.13. The summed E-state index contributed by atoms with van der Waals surface area (Å²) in [5, 5.41) is 24.6. The zero-order chi connectivity index (χ0) is 17.9. The molecule has 2 rings (SSSR count). The molecule has 0 fully saturated rings. The van der Waals surface area contributed by atoms with Gasteiger partial charge >= 0.3 is 5.69 Å². The number of phenolic OH excluding ortho intramolecular Hbond substituents is 1. The average Bonchev–Trinajstić information content (AvgIpc) is 2.53. The van der Waals surface area contributed by atoms with Crippen molar-refractivity contribution in [2.45, 2.75) is 26.3 Å². The van der Waals surface area contributed by atoms with Crippen LogP contribution in [0.5, 0.6) is 5.75 Å². The molecule has 1 atom stereocenters. The highest BCUT2D eigenvalue weighted by Gasteiger charge is 2.23. The highest BCUT2D eigenvalue weighted by molar-refractivity contribution is 6.30. The number of anilines is 1. The fourth-order valence-electron chi connectivity index (χ4n) is 2.09. The van der Waals surface area contributed by atoms with Crippen LogP contribution in [0.15, 0.2) is 18.2 Å². The van der Waals surface area contributed by atoms with E-state index < -0.39 is 4.92 Å². The third kappa shape index (κ3) is 3.90. The summed E-state index contributed by atoms with van der Waals surface area (Å²) in [4.78, 5) is 19.1. The maximum atomic E-state index is 11.3. The minimum atomic E-state index is -0.545. The second-order valence-electron chi connectivity index (χ2n) is 5.30. The monoisotopic (exact) mass is 351 g/mol. The number of nitrogens with two attached hydrogens (primary N) is 1. The van der Waals surface area contributed by atoms with Crippen LogP contribution in [0.2, 0.25) is 5.02 Å². The van der Waals surface area contributed by atoms with Crippen LogP contribution in [-0.4, -0.2) is 32.6 Å². The number of aryl methyl sites for hydroxylation is 1. The van der Waals surface area contributed by atoms with Crippen LogP contribution >= 0.6 is 11.6 Å². The van der Waals surface area contributed by atoms with Crippen molar-refractivity contribution in [2.24, 2.45) is 5.73 Å². The summed E-state index contributed by atoms with van der Waals surface area (Å²) in [6.45, 7) is 3.76. The van der Waals surface area contributed by atoms with Gasteiger partial charge in [0, 0.05) is 17.6 Å². The van der Waals surface area contributed by atoms with Crippen molar-refractivity contribution in [3.63, 3.8) is 0 Å². The van der Waals surface area contributed by atoms with Gasteiger partial charge in [0.25, 0.3) is 0 Å². The molecule has 0 saturated heterocycles. The van der Waals surface area contributed by atoms with Gasteiger partial charge in [0.05, 0.1) is 10.5 Å².